The molecule has 68 heavy (non-hydrogen) atoms. The van der Waals surface area contributed by atoms with Gasteiger partial charge in [-0.25, -0.2) is 0 Å². The molecule has 0 spiro atoms. The molecular formula is C64H64BN3. The predicted octanol–water partition coefficient (Wildman–Crippen LogP) is 14.2. The molecule has 0 N–H and O–H groups in total. The molecule has 5 heterocycles. The number of aryl methyl sites for hydroxylation is 1. The van der Waals surface area contributed by atoms with Crippen molar-refractivity contribution in [3.05, 3.63) is 167 Å². The molecule has 0 radical (unpaired) electrons. The van der Waals surface area contributed by atoms with E-state index in [0.29, 0.717) is 0 Å². The second-order valence-corrected chi connectivity index (χ2v) is 24.7. The summed E-state index contributed by atoms with van der Waals surface area (Å²) in [6, 6.07) is 53.3. The van der Waals surface area contributed by atoms with Gasteiger partial charge in [-0.2, -0.15) is 0 Å². The molecule has 0 bridgehead atoms. The van der Waals surface area contributed by atoms with E-state index in [0.717, 1.165) is 19.3 Å². The summed E-state index contributed by atoms with van der Waals surface area (Å²) in [6.07, 6.45) is 7.04. The van der Waals surface area contributed by atoms with Crippen molar-refractivity contribution in [2.45, 2.75) is 141 Å². The number of rotatable bonds is 2. The van der Waals surface area contributed by atoms with Crippen LogP contribution in [-0.2, 0) is 33.6 Å². The Bertz CT molecular complexity index is 3530. The molecule has 4 unspecified atom stereocenters. The molecule has 0 amide bonds. The highest BCUT2D eigenvalue weighted by molar-refractivity contribution is 7.00. The van der Waals surface area contributed by atoms with Crippen molar-refractivity contribution in [3.8, 4) is 16.8 Å². The van der Waals surface area contributed by atoms with E-state index in [1.165, 1.54) is 130 Å². The minimum Gasteiger partial charge on any atom is -0.334 e. The van der Waals surface area contributed by atoms with Gasteiger partial charge in [0.25, 0.3) is 6.71 Å². The lowest BCUT2D eigenvalue weighted by atomic mass is 9.33. The zero-order chi connectivity index (χ0) is 46.7. The number of aromatic nitrogens is 1. The summed E-state index contributed by atoms with van der Waals surface area (Å²) in [7, 11) is 0. The summed E-state index contributed by atoms with van der Waals surface area (Å²) >= 11 is 0. The molecule has 2 aliphatic carbocycles. The lowest BCUT2D eigenvalue weighted by molar-refractivity contribution is 0.195. The van der Waals surface area contributed by atoms with Crippen LogP contribution in [-0.4, -0.2) is 16.8 Å². The maximum absolute atomic E-state index is 2.91. The second-order valence-electron chi connectivity index (χ2n) is 24.7. The first kappa shape index (κ1) is 41.0. The van der Waals surface area contributed by atoms with Crippen molar-refractivity contribution < 1.29 is 0 Å². The molecule has 3 nitrogen and oxygen atoms in total. The standard InChI is InChI=1S/C64H64BN3/c1-59(2,3)42-26-28-52-45(34-42)46-35-43(60(4,5)6)36-51-57(46)66(52)54-37-44(67-53-27-25-41(39-19-12-11-13-20-39)33-49(53)61(7)30-16-17-31-63(61,67)9)38-55-56(54)65(51)50-24-18-23-48-58(50)68(55)64(10)47-22-15-14-21-40(47)29-32-62(48,64)8/h11-15,18-28,33-38H,16-17,29-32H2,1-10H3. The van der Waals surface area contributed by atoms with Gasteiger partial charge in [0.05, 0.1) is 16.6 Å². The summed E-state index contributed by atoms with van der Waals surface area (Å²) in [6.45, 7) is 24.8. The van der Waals surface area contributed by atoms with Gasteiger partial charge in [-0.1, -0.05) is 159 Å². The molecule has 1 fully saturated rings. The Morgan fingerprint density at radius 1 is 0.515 bits per heavy atom. The van der Waals surface area contributed by atoms with Gasteiger partial charge >= 0.3 is 0 Å². The molecule has 14 rings (SSSR count). The quantitative estimate of drug-likeness (QED) is 0.160. The molecule has 4 atom stereocenters. The molecule has 1 saturated carbocycles. The maximum Gasteiger partial charge on any atom is 0.252 e. The highest BCUT2D eigenvalue weighted by atomic mass is 15.3. The van der Waals surface area contributed by atoms with Crippen molar-refractivity contribution in [3.63, 3.8) is 0 Å². The first-order valence-corrected chi connectivity index (χ1v) is 25.8. The second kappa shape index (κ2) is 13.0. The minimum atomic E-state index is -0.308. The highest BCUT2D eigenvalue weighted by Gasteiger charge is 2.64. The van der Waals surface area contributed by atoms with Gasteiger partial charge in [-0.05, 0) is 154 Å². The Morgan fingerprint density at radius 2 is 1.24 bits per heavy atom. The largest absolute Gasteiger partial charge is 0.334 e. The molecule has 338 valence electrons. The first-order chi connectivity index (χ1) is 32.5. The molecule has 4 aliphatic heterocycles. The van der Waals surface area contributed by atoms with Crippen molar-refractivity contribution in [2.24, 2.45) is 0 Å². The normalized spacial score (nSPS) is 25.0. The van der Waals surface area contributed by atoms with E-state index in [2.05, 4.69) is 217 Å². The topological polar surface area (TPSA) is 11.4 Å². The Kier molecular flexibility index (Phi) is 7.84. The van der Waals surface area contributed by atoms with Crippen LogP contribution in [0.5, 0.6) is 0 Å². The fraction of sp³-hybridized carbons (Fsp3) is 0.344. The van der Waals surface area contributed by atoms with E-state index in [9.17, 15) is 0 Å². The summed E-state index contributed by atoms with van der Waals surface area (Å²) < 4.78 is 2.73. The zero-order valence-electron chi connectivity index (χ0n) is 41.9. The van der Waals surface area contributed by atoms with Crippen molar-refractivity contribution in [1.82, 2.24) is 4.57 Å². The number of anilines is 4. The zero-order valence-corrected chi connectivity index (χ0v) is 41.9. The molecule has 0 saturated heterocycles. The Balaban J connectivity index is 1.14. The van der Waals surface area contributed by atoms with E-state index in [-0.39, 0.29) is 39.5 Å². The van der Waals surface area contributed by atoms with Crippen molar-refractivity contribution in [1.29, 1.82) is 0 Å². The van der Waals surface area contributed by atoms with Crippen LogP contribution in [0.4, 0.5) is 22.7 Å². The van der Waals surface area contributed by atoms with Crippen molar-refractivity contribution >= 4 is 67.7 Å². The van der Waals surface area contributed by atoms with Gasteiger partial charge in [0.2, 0.25) is 0 Å². The van der Waals surface area contributed by atoms with Crippen molar-refractivity contribution in [2.75, 3.05) is 9.80 Å². The summed E-state index contributed by atoms with van der Waals surface area (Å²) in [5.41, 5.74) is 24.8. The molecule has 6 aliphatic rings. The van der Waals surface area contributed by atoms with Gasteiger partial charge < -0.3 is 14.4 Å². The van der Waals surface area contributed by atoms with Gasteiger partial charge in [0.1, 0.15) is 0 Å². The third-order valence-corrected chi connectivity index (χ3v) is 19.4. The van der Waals surface area contributed by atoms with Gasteiger partial charge in [-0.15, -0.1) is 0 Å². The van der Waals surface area contributed by atoms with Gasteiger partial charge in [0, 0.05) is 55.6 Å². The monoisotopic (exact) mass is 886 g/mol. The Morgan fingerprint density at radius 3 is 2.03 bits per heavy atom. The molecule has 8 aromatic rings. The average Bonchev–Trinajstić information content (AvgIpc) is 3.85. The lowest BCUT2D eigenvalue weighted by Gasteiger charge is -2.53. The number of nitrogens with zero attached hydrogens (tertiary/aromatic N) is 3. The molecule has 1 aromatic heterocycles. The number of hydrogen-bond donors (Lipinski definition) is 0. The predicted molar refractivity (Wildman–Crippen MR) is 289 cm³/mol. The molecule has 7 aromatic carbocycles. The van der Waals surface area contributed by atoms with E-state index in [4.69, 9.17) is 0 Å². The fourth-order valence-electron chi connectivity index (χ4n) is 15.4. The van der Waals surface area contributed by atoms with E-state index in [1.807, 2.05) is 0 Å². The number of para-hydroxylation sites is 1. The van der Waals surface area contributed by atoms with Crippen LogP contribution >= 0.6 is 0 Å². The number of fused-ring (bicyclic) bond motifs is 15. The van der Waals surface area contributed by atoms with Crippen LogP contribution < -0.4 is 26.2 Å². The van der Waals surface area contributed by atoms with E-state index < -0.39 is 0 Å². The average molecular weight is 886 g/mol. The SMILES string of the molecule is CC(C)(C)c1ccc2c(c1)c1cc(C(C)(C)C)cc3c1n2-c1cc(N2c4ccc(-c5ccccc5)cc4C4(C)CCCCC24C)cc2c1B3c1cccc3c1N2C1(C)c2ccccc2CCC31C. The maximum atomic E-state index is 2.91. The van der Waals surface area contributed by atoms with Gasteiger partial charge in [-0.3, -0.25) is 0 Å². The van der Waals surface area contributed by atoms with Crippen LogP contribution in [0.1, 0.15) is 135 Å². The van der Waals surface area contributed by atoms with Crippen LogP contribution in [0.3, 0.4) is 0 Å². The van der Waals surface area contributed by atoms with Crippen LogP contribution in [0, 0.1) is 0 Å². The third kappa shape index (κ3) is 4.83. The van der Waals surface area contributed by atoms with Crippen LogP contribution in [0.2, 0.25) is 0 Å². The van der Waals surface area contributed by atoms with Gasteiger partial charge in [0.15, 0.2) is 0 Å². The molecular weight excluding hydrogens is 822 g/mol. The fourth-order valence-corrected chi connectivity index (χ4v) is 15.4. The number of benzene rings is 7. The first-order valence-electron chi connectivity index (χ1n) is 25.8. The lowest BCUT2D eigenvalue weighted by Crippen LogP contribution is -2.63. The van der Waals surface area contributed by atoms with Crippen LogP contribution in [0.25, 0.3) is 38.6 Å². The summed E-state index contributed by atoms with van der Waals surface area (Å²) in [4.78, 5) is 5.76. The Labute approximate surface area is 404 Å². The highest BCUT2D eigenvalue weighted by Crippen LogP contribution is 2.66. The number of hydrogen-bond acceptors (Lipinski definition) is 2. The minimum absolute atomic E-state index is 0.0198. The van der Waals surface area contributed by atoms with E-state index >= 15 is 0 Å². The van der Waals surface area contributed by atoms with E-state index in [1.54, 1.807) is 0 Å². The third-order valence-electron chi connectivity index (χ3n) is 19.4. The van der Waals surface area contributed by atoms with Crippen LogP contribution in [0.15, 0.2) is 133 Å². The smallest absolute Gasteiger partial charge is 0.252 e. The molecule has 4 heteroatoms. The summed E-state index contributed by atoms with van der Waals surface area (Å²) in [5, 5.41) is 2.75. The Hall–Kier alpha value is -6.00. The summed E-state index contributed by atoms with van der Waals surface area (Å²) in [5.74, 6) is 0.